The van der Waals surface area contributed by atoms with Gasteiger partial charge < -0.3 is 9.52 Å². The highest BCUT2D eigenvalue weighted by Gasteiger charge is 2.58. The van der Waals surface area contributed by atoms with Crippen molar-refractivity contribution in [1.82, 2.24) is 0 Å². The molecule has 2 rings (SSSR count). The van der Waals surface area contributed by atoms with Gasteiger partial charge in [-0.25, -0.2) is 0 Å². The maximum Gasteiger partial charge on any atom is 0.428 e. The van der Waals surface area contributed by atoms with Gasteiger partial charge in [0.1, 0.15) is 5.76 Å². The van der Waals surface area contributed by atoms with Crippen LogP contribution in [-0.4, -0.2) is 16.2 Å². The first-order valence-corrected chi connectivity index (χ1v) is 5.35. The number of non-ortho nitro benzene ring substituents is 1. The molecule has 1 heterocycles. The zero-order valence-electron chi connectivity index (χ0n) is 9.79. The third kappa shape index (κ3) is 2.14. The van der Waals surface area contributed by atoms with E-state index in [9.17, 15) is 28.4 Å². The van der Waals surface area contributed by atoms with Gasteiger partial charge in [0.05, 0.1) is 11.2 Å². The Morgan fingerprint density at radius 3 is 2.40 bits per heavy atom. The van der Waals surface area contributed by atoms with Crippen LogP contribution in [0.25, 0.3) is 0 Å². The van der Waals surface area contributed by atoms with E-state index in [0.29, 0.717) is 6.07 Å². The Balaban J connectivity index is 2.65. The normalized spacial score (nSPS) is 14.8. The number of alkyl halides is 3. The Morgan fingerprint density at radius 1 is 1.20 bits per heavy atom. The van der Waals surface area contributed by atoms with Crippen LogP contribution in [0.2, 0.25) is 0 Å². The highest BCUT2D eigenvalue weighted by Crippen LogP contribution is 2.44. The Morgan fingerprint density at radius 2 is 1.90 bits per heavy atom. The summed E-state index contributed by atoms with van der Waals surface area (Å²) in [6.07, 6.45) is -4.12. The van der Waals surface area contributed by atoms with Gasteiger partial charge in [0.15, 0.2) is 0 Å². The Hall–Kier alpha value is -2.35. The van der Waals surface area contributed by atoms with Crippen LogP contribution in [0, 0.1) is 10.1 Å². The molecule has 8 heteroatoms. The van der Waals surface area contributed by atoms with E-state index in [1.54, 1.807) is 0 Å². The second-order valence-electron chi connectivity index (χ2n) is 3.99. The summed E-state index contributed by atoms with van der Waals surface area (Å²) in [6, 6.07) is 5.84. The molecule has 20 heavy (non-hydrogen) atoms. The van der Waals surface area contributed by atoms with Crippen LogP contribution in [0.4, 0.5) is 18.9 Å². The maximum absolute atomic E-state index is 13.2. The molecule has 1 unspecified atom stereocenters. The number of hydrogen-bond donors (Lipinski definition) is 1. The van der Waals surface area contributed by atoms with Gasteiger partial charge in [-0.2, -0.15) is 13.2 Å². The number of nitro groups is 1. The fourth-order valence-corrected chi connectivity index (χ4v) is 1.77. The Labute approximate surface area is 110 Å². The molecule has 0 amide bonds. The molecule has 0 fully saturated rings. The summed E-state index contributed by atoms with van der Waals surface area (Å²) in [7, 11) is 0. The molecule has 0 spiro atoms. The zero-order valence-corrected chi connectivity index (χ0v) is 9.79. The summed E-state index contributed by atoms with van der Waals surface area (Å²) in [5.74, 6) is -0.759. The maximum atomic E-state index is 13.2. The highest BCUT2D eigenvalue weighted by molar-refractivity contribution is 5.41. The van der Waals surface area contributed by atoms with Gasteiger partial charge in [-0.3, -0.25) is 10.1 Å². The molecule has 0 saturated carbocycles. The van der Waals surface area contributed by atoms with Crippen molar-refractivity contribution < 1.29 is 27.6 Å². The van der Waals surface area contributed by atoms with Crippen LogP contribution in [0.5, 0.6) is 0 Å². The van der Waals surface area contributed by atoms with Gasteiger partial charge >= 0.3 is 6.18 Å². The summed E-state index contributed by atoms with van der Waals surface area (Å²) in [4.78, 5) is 9.79. The van der Waals surface area contributed by atoms with E-state index in [0.717, 1.165) is 30.5 Å². The van der Waals surface area contributed by atoms with Crippen LogP contribution in [-0.2, 0) is 5.60 Å². The fraction of sp³-hybridized carbons (Fsp3) is 0.167. The number of aliphatic hydroxyl groups is 1. The van der Waals surface area contributed by atoms with Crippen LogP contribution in [0.3, 0.4) is 0 Å². The third-order valence-electron chi connectivity index (χ3n) is 2.76. The Bertz CT molecular complexity index is 624. The molecule has 106 valence electrons. The molecule has 0 aliphatic carbocycles. The van der Waals surface area contributed by atoms with Crippen LogP contribution in [0.1, 0.15) is 11.3 Å². The second-order valence-corrected chi connectivity index (χ2v) is 3.99. The predicted octanol–water partition coefficient (Wildman–Crippen LogP) is 2.99. The van der Waals surface area contributed by atoms with Crippen molar-refractivity contribution >= 4 is 5.69 Å². The molecule has 5 nitrogen and oxygen atoms in total. The molecule has 0 aliphatic rings. The molecule has 2 aromatic rings. The molecule has 1 aromatic heterocycles. The fourth-order valence-electron chi connectivity index (χ4n) is 1.77. The third-order valence-corrected chi connectivity index (χ3v) is 2.76. The van der Waals surface area contributed by atoms with Crippen LogP contribution >= 0.6 is 0 Å². The van der Waals surface area contributed by atoms with Crippen molar-refractivity contribution in [2.24, 2.45) is 0 Å². The first-order chi connectivity index (χ1) is 9.26. The predicted molar refractivity (Wildman–Crippen MR) is 60.9 cm³/mol. The quantitative estimate of drug-likeness (QED) is 0.695. The smallest absolute Gasteiger partial charge is 0.428 e. The van der Waals surface area contributed by atoms with E-state index in [1.165, 1.54) is 6.07 Å². The van der Waals surface area contributed by atoms with Crippen molar-refractivity contribution in [1.29, 1.82) is 0 Å². The first kappa shape index (κ1) is 14.1. The second kappa shape index (κ2) is 4.64. The number of nitrogens with zero attached hydrogens (tertiary/aromatic N) is 1. The van der Waals surface area contributed by atoms with E-state index in [4.69, 9.17) is 0 Å². The van der Waals surface area contributed by atoms with Crippen LogP contribution < -0.4 is 0 Å². The van der Waals surface area contributed by atoms with Crippen molar-refractivity contribution in [3.05, 3.63) is 64.1 Å². The topological polar surface area (TPSA) is 76.5 Å². The van der Waals surface area contributed by atoms with Crippen molar-refractivity contribution in [3.8, 4) is 0 Å². The number of furan rings is 1. The highest BCUT2D eigenvalue weighted by atomic mass is 19.4. The van der Waals surface area contributed by atoms with Gasteiger partial charge in [-0.15, -0.1) is 0 Å². The summed E-state index contributed by atoms with van der Waals surface area (Å²) < 4.78 is 44.3. The van der Waals surface area contributed by atoms with E-state index in [2.05, 4.69) is 4.42 Å². The summed E-state index contributed by atoms with van der Waals surface area (Å²) in [6.45, 7) is 0. The van der Waals surface area contributed by atoms with Crippen molar-refractivity contribution in [2.75, 3.05) is 0 Å². The lowest BCUT2D eigenvalue weighted by Gasteiger charge is -2.28. The summed E-state index contributed by atoms with van der Waals surface area (Å²) in [5, 5.41) is 20.7. The number of benzene rings is 1. The lowest BCUT2D eigenvalue weighted by Crippen LogP contribution is -2.43. The number of nitro benzene ring substituents is 1. The molecule has 1 aromatic carbocycles. The minimum Gasteiger partial charge on any atom is -0.466 e. The average Bonchev–Trinajstić information content (AvgIpc) is 2.90. The lowest BCUT2D eigenvalue weighted by molar-refractivity contribution is -0.385. The molecule has 0 saturated heterocycles. The van der Waals surface area contributed by atoms with E-state index < -0.39 is 33.7 Å². The minimum atomic E-state index is -5.10. The van der Waals surface area contributed by atoms with Gasteiger partial charge in [0.2, 0.25) is 5.60 Å². The molecular formula is C12H8F3NO4. The Kier molecular flexibility index (Phi) is 3.26. The minimum absolute atomic E-state index is 0.559. The molecule has 1 atom stereocenters. The van der Waals surface area contributed by atoms with Gasteiger partial charge in [-0.05, 0) is 12.1 Å². The van der Waals surface area contributed by atoms with Gasteiger partial charge in [-0.1, -0.05) is 12.1 Å². The van der Waals surface area contributed by atoms with E-state index in [-0.39, 0.29) is 0 Å². The van der Waals surface area contributed by atoms with E-state index >= 15 is 0 Å². The monoisotopic (exact) mass is 287 g/mol. The molecule has 1 N–H and O–H groups in total. The standard InChI is InChI=1S/C12H8F3NO4/c13-12(14,15)11(17,10-5-2-6-20-10)8-3-1-4-9(7-8)16(18)19/h1-7,17H. The molecule has 0 aliphatic heterocycles. The molecular weight excluding hydrogens is 279 g/mol. The average molecular weight is 287 g/mol. The number of hydrogen-bond acceptors (Lipinski definition) is 4. The summed E-state index contributed by atoms with van der Waals surface area (Å²) >= 11 is 0. The van der Waals surface area contributed by atoms with Crippen molar-refractivity contribution in [2.45, 2.75) is 11.8 Å². The van der Waals surface area contributed by atoms with Crippen molar-refractivity contribution in [3.63, 3.8) is 0 Å². The zero-order chi connectivity index (χ0) is 15.0. The lowest BCUT2D eigenvalue weighted by atomic mass is 9.90. The number of halogens is 3. The van der Waals surface area contributed by atoms with Gasteiger partial charge in [0.25, 0.3) is 5.69 Å². The first-order valence-electron chi connectivity index (χ1n) is 5.35. The SMILES string of the molecule is O=[N+]([O-])c1cccc(C(O)(c2ccco2)C(F)(F)F)c1. The van der Waals surface area contributed by atoms with Gasteiger partial charge in [0, 0.05) is 17.7 Å². The molecule has 0 radical (unpaired) electrons. The summed E-state index contributed by atoms with van der Waals surface area (Å²) in [5.41, 5.74) is -4.69. The molecule has 0 bridgehead atoms. The number of rotatable bonds is 3. The van der Waals surface area contributed by atoms with E-state index in [1.807, 2.05) is 0 Å². The van der Waals surface area contributed by atoms with Crippen LogP contribution in [0.15, 0.2) is 47.1 Å². The largest absolute Gasteiger partial charge is 0.466 e.